The summed E-state index contributed by atoms with van der Waals surface area (Å²) in [4.78, 5) is 23.8. The molecule has 0 aromatic heterocycles. The van der Waals surface area contributed by atoms with Crippen LogP contribution in [0.1, 0.15) is 17.3 Å². The van der Waals surface area contributed by atoms with Crippen LogP contribution in [-0.2, 0) is 9.53 Å². The van der Waals surface area contributed by atoms with Crippen molar-refractivity contribution in [3.05, 3.63) is 65.2 Å². The van der Waals surface area contributed by atoms with Crippen LogP contribution < -0.4 is 5.32 Å². The van der Waals surface area contributed by atoms with Gasteiger partial charge in [0.05, 0.1) is 5.56 Å². The second-order valence-corrected chi connectivity index (χ2v) is 4.85. The first-order valence-corrected chi connectivity index (χ1v) is 6.76. The van der Waals surface area contributed by atoms with Crippen molar-refractivity contribution in [3.63, 3.8) is 0 Å². The first kappa shape index (κ1) is 15.1. The summed E-state index contributed by atoms with van der Waals surface area (Å²) in [5.74, 6) is -0.934. The Morgan fingerprint density at radius 1 is 1.05 bits per heavy atom. The fourth-order valence-corrected chi connectivity index (χ4v) is 1.76. The normalized spacial score (nSPS) is 11.5. The number of carbonyl (C=O) groups excluding carboxylic acids is 2. The molecule has 4 nitrogen and oxygen atoms in total. The third-order valence-electron chi connectivity index (χ3n) is 2.77. The van der Waals surface area contributed by atoms with Gasteiger partial charge in [-0.15, -0.1) is 0 Å². The molecule has 0 fully saturated rings. The lowest BCUT2D eigenvalue weighted by Crippen LogP contribution is -2.29. The second-order valence-electron chi connectivity index (χ2n) is 4.41. The largest absolute Gasteiger partial charge is 0.449 e. The summed E-state index contributed by atoms with van der Waals surface area (Å²) < 4.78 is 5.12. The second kappa shape index (κ2) is 6.90. The number of hydrogen-bond acceptors (Lipinski definition) is 3. The molecule has 0 saturated heterocycles. The molecular weight excluding hydrogens is 290 g/mol. The summed E-state index contributed by atoms with van der Waals surface area (Å²) in [6.07, 6.45) is -0.895. The average molecular weight is 304 g/mol. The van der Waals surface area contributed by atoms with Gasteiger partial charge in [-0.2, -0.15) is 0 Å². The Labute approximate surface area is 127 Å². The minimum absolute atomic E-state index is 0.401. The van der Waals surface area contributed by atoms with E-state index in [1.54, 1.807) is 54.6 Å². The van der Waals surface area contributed by atoms with E-state index in [9.17, 15) is 9.59 Å². The van der Waals surface area contributed by atoms with E-state index < -0.39 is 18.0 Å². The summed E-state index contributed by atoms with van der Waals surface area (Å²) >= 11 is 5.77. The molecule has 1 amide bonds. The summed E-state index contributed by atoms with van der Waals surface area (Å²) in [5.41, 5.74) is 0.996. The van der Waals surface area contributed by atoms with E-state index >= 15 is 0 Å². The lowest BCUT2D eigenvalue weighted by Gasteiger charge is -2.13. The maximum Gasteiger partial charge on any atom is 0.338 e. The molecule has 5 heteroatoms. The van der Waals surface area contributed by atoms with Crippen LogP contribution in [0, 0.1) is 0 Å². The molecule has 0 heterocycles. The van der Waals surface area contributed by atoms with Gasteiger partial charge in [0.15, 0.2) is 6.10 Å². The van der Waals surface area contributed by atoms with Gasteiger partial charge in [-0.3, -0.25) is 4.79 Å². The molecule has 0 aliphatic carbocycles. The van der Waals surface area contributed by atoms with Gasteiger partial charge in [-0.1, -0.05) is 29.8 Å². The van der Waals surface area contributed by atoms with E-state index in [-0.39, 0.29) is 0 Å². The van der Waals surface area contributed by atoms with Gasteiger partial charge in [0.2, 0.25) is 0 Å². The molecule has 0 unspecified atom stereocenters. The molecule has 0 radical (unpaired) electrons. The number of carbonyl (C=O) groups is 2. The van der Waals surface area contributed by atoms with E-state index in [1.807, 2.05) is 0 Å². The Morgan fingerprint density at radius 2 is 1.67 bits per heavy atom. The quantitative estimate of drug-likeness (QED) is 0.879. The lowest BCUT2D eigenvalue weighted by atomic mass is 10.2. The Kier molecular flexibility index (Phi) is 4.95. The third-order valence-corrected chi connectivity index (χ3v) is 3.03. The summed E-state index contributed by atoms with van der Waals surface area (Å²) in [6, 6.07) is 15.2. The predicted molar refractivity (Wildman–Crippen MR) is 81.4 cm³/mol. The number of esters is 1. The molecule has 0 bridgehead atoms. The molecule has 2 aromatic carbocycles. The highest BCUT2D eigenvalue weighted by atomic mass is 35.5. The van der Waals surface area contributed by atoms with Crippen LogP contribution in [0.3, 0.4) is 0 Å². The number of hydrogen-bond donors (Lipinski definition) is 1. The fourth-order valence-electron chi connectivity index (χ4n) is 1.63. The first-order valence-electron chi connectivity index (χ1n) is 6.39. The van der Waals surface area contributed by atoms with Gasteiger partial charge in [-0.05, 0) is 43.3 Å². The molecule has 21 heavy (non-hydrogen) atoms. The highest BCUT2D eigenvalue weighted by molar-refractivity contribution is 6.30. The van der Waals surface area contributed by atoms with Gasteiger partial charge < -0.3 is 10.1 Å². The smallest absolute Gasteiger partial charge is 0.338 e. The Hall–Kier alpha value is -2.33. The molecule has 1 atom stereocenters. The molecule has 0 spiro atoms. The van der Waals surface area contributed by atoms with Crippen LogP contribution in [0.4, 0.5) is 5.69 Å². The van der Waals surface area contributed by atoms with E-state index in [0.717, 1.165) is 0 Å². The van der Waals surface area contributed by atoms with Gasteiger partial charge in [0.25, 0.3) is 5.91 Å². The van der Waals surface area contributed by atoms with Gasteiger partial charge in [0.1, 0.15) is 0 Å². The number of anilines is 1. The Morgan fingerprint density at radius 3 is 2.29 bits per heavy atom. The maximum atomic E-state index is 11.9. The average Bonchev–Trinajstić information content (AvgIpc) is 2.50. The van der Waals surface area contributed by atoms with Crippen molar-refractivity contribution in [2.45, 2.75) is 13.0 Å². The van der Waals surface area contributed by atoms with Crippen molar-refractivity contribution >= 4 is 29.2 Å². The SMILES string of the molecule is C[C@H](OC(=O)c1ccccc1)C(=O)Nc1ccc(Cl)cc1. The number of rotatable bonds is 4. The minimum atomic E-state index is -0.895. The predicted octanol–water partition coefficient (Wildman–Crippen LogP) is 3.52. The number of halogens is 1. The molecule has 2 aromatic rings. The van der Waals surface area contributed by atoms with Gasteiger partial charge in [-0.25, -0.2) is 4.79 Å². The monoisotopic (exact) mass is 303 g/mol. The van der Waals surface area contributed by atoms with Crippen molar-refractivity contribution in [1.82, 2.24) is 0 Å². The zero-order chi connectivity index (χ0) is 15.2. The molecule has 1 N–H and O–H groups in total. The maximum absolute atomic E-state index is 11.9. The molecule has 2 rings (SSSR count). The van der Waals surface area contributed by atoms with E-state index in [1.165, 1.54) is 6.92 Å². The van der Waals surface area contributed by atoms with Crippen LogP contribution in [0.5, 0.6) is 0 Å². The van der Waals surface area contributed by atoms with Crippen LogP contribution in [0.2, 0.25) is 5.02 Å². The number of ether oxygens (including phenoxy) is 1. The third kappa shape index (κ3) is 4.33. The highest BCUT2D eigenvalue weighted by Crippen LogP contribution is 2.14. The summed E-state index contributed by atoms with van der Waals surface area (Å²) in [5, 5.41) is 3.23. The number of amides is 1. The van der Waals surface area contributed by atoms with Crippen LogP contribution in [-0.4, -0.2) is 18.0 Å². The van der Waals surface area contributed by atoms with Crippen molar-refractivity contribution in [2.75, 3.05) is 5.32 Å². The number of nitrogens with one attached hydrogen (secondary N) is 1. The molecular formula is C16H14ClNO3. The van der Waals surface area contributed by atoms with Crippen LogP contribution in [0.25, 0.3) is 0 Å². The number of benzene rings is 2. The van der Waals surface area contributed by atoms with Crippen LogP contribution in [0.15, 0.2) is 54.6 Å². The lowest BCUT2D eigenvalue weighted by molar-refractivity contribution is -0.123. The van der Waals surface area contributed by atoms with Gasteiger partial charge >= 0.3 is 5.97 Å². The molecule has 0 aliphatic rings. The zero-order valence-corrected chi connectivity index (χ0v) is 12.1. The van der Waals surface area contributed by atoms with Crippen molar-refractivity contribution < 1.29 is 14.3 Å². The van der Waals surface area contributed by atoms with Crippen LogP contribution >= 0.6 is 11.6 Å². The van der Waals surface area contributed by atoms with Crippen molar-refractivity contribution in [3.8, 4) is 0 Å². The minimum Gasteiger partial charge on any atom is -0.449 e. The van der Waals surface area contributed by atoms with Crippen molar-refractivity contribution in [1.29, 1.82) is 0 Å². The Balaban J connectivity index is 1.93. The first-order chi connectivity index (χ1) is 10.1. The van der Waals surface area contributed by atoms with E-state index in [0.29, 0.717) is 16.3 Å². The van der Waals surface area contributed by atoms with E-state index in [4.69, 9.17) is 16.3 Å². The molecule has 0 aliphatic heterocycles. The zero-order valence-electron chi connectivity index (χ0n) is 11.4. The molecule has 0 saturated carbocycles. The van der Waals surface area contributed by atoms with Gasteiger partial charge in [0, 0.05) is 10.7 Å². The summed E-state index contributed by atoms with van der Waals surface area (Å²) in [6.45, 7) is 1.52. The van der Waals surface area contributed by atoms with Crippen molar-refractivity contribution in [2.24, 2.45) is 0 Å². The summed E-state index contributed by atoms with van der Waals surface area (Å²) in [7, 11) is 0. The fraction of sp³-hybridized carbons (Fsp3) is 0.125. The topological polar surface area (TPSA) is 55.4 Å². The highest BCUT2D eigenvalue weighted by Gasteiger charge is 2.18. The standard InChI is InChI=1S/C16H14ClNO3/c1-11(21-16(20)12-5-3-2-4-6-12)15(19)18-14-9-7-13(17)8-10-14/h2-11H,1H3,(H,18,19)/t11-/m0/s1. The molecule has 108 valence electrons. The Bertz CT molecular complexity index is 626. The van der Waals surface area contributed by atoms with E-state index in [2.05, 4.69) is 5.32 Å².